The van der Waals surface area contributed by atoms with Crippen LogP contribution in [0.4, 0.5) is 0 Å². The molecule has 3 atom stereocenters. The summed E-state index contributed by atoms with van der Waals surface area (Å²) in [6, 6.07) is 15.9. The summed E-state index contributed by atoms with van der Waals surface area (Å²) in [5, 5.41) is 14.4. The van der Waals surface area contributed by atoms with Crippen LogP contribution in [0.3, 0.4) is 0 Å². The van der Waals surface area contributed by atoms with E-state index in [4.69, 9.17) is 27.9 Å². The summed E-state index contributed by atoms with van der Waals surface area (Å²) in [7, 11) is 0. The molecule has 24 heavy (non-hydrogen) atoms. The van der Waals surface area contributed by atoms with E-state index in [9.17, 15) is 5.11 Å². The molecule has 3 rings (SSSR count). The van der Waals surface area contributed by atoms with Crippen LogP contribution in [0.15, 0.2) is 48.5 Å². The molecule has 1 aliphatic rings. The second-order valence-electron chi connectivity index (χ2n) is 6.11. The lowest BCUT2D eigenvalue weighted by atomic mass is 9.93. The molecule has 1 aliphatic heterocycles. The average molecular weight is 366 g/mol. The third kappa shape index (κ3) is 4.29. The molecule has 128 valence electrons. The van der Waals surface area contributed by atoms with E-state index in [0.29, 0.717) is 10.0 Å². The second kappa shape index (κ2) is 8.32. The summed E-state index contributed by atoms with van der Waals surface area (Å²) in [6.07, 6.45) is 0.571. The fraction of sp³-hybridized carbons (Fsp3) is 0.368. The van der Waals surface area contributed by atoms with Crippen LogP contribution in [-0.2, 0) is 11.2 Å². The summed E-state index contributed by atoms with van der Waals surface area (Å²) in [4.78, 5) is 0. The maximum Gasteiger partial charge on any atom is 0.0890 e. The van der Waals surface area contributed by atoms with Crippen molar-refractivity contribution in [3.8, 4) is 0 Å². The third-order valence-corrected chi connectivity index (χ3v) is 5.15. The zero-order valence-corrected chi connectivity index (χ0v) is 14.8. The van der Waals surface area contributed by atoms with Gasteiger partial charge in [0, 0.05) is 19.0 Å². The van der Waals surface area contributed by atoms with Crippen LogP contribution in [0.1, 0.15) is 17.0 Å². The van der Waals surface area contributed by atoms with Gasteiger partial charge in [-0.1, -0.05) is 59.6 Å². The second-order valence-corrected chi connectivity index (χ2v) is 6.92. The Morgan fingerprint density at radius 3 is 2.54 bits per heavy atom. The van der Waals surface area contributed by atoms with Crippen molar-refractivity contribution in [3.63, 3.8) is 0 Å². The monoisotopic (exact) mass is 365 g/mol. The topological polar surface area (TPSA) is 41.5 Å². The molecule has 3 unspecified atom stereocenters. The van der Waals surface area contributed by atoms with Gasteiger partial charge in [0.25, 0.3) is 0 Å². The first-order chi connectivity index (χ1) is 11.7. The van der Waals surface area contributed by atoms with Gasteiger partial charge in [-0.25, -0.2) is 0 Å². The molecule has 5 heteroatoms. The SMILES string of the molecule is OCC1OC(Cc2ccccc2)CNCC1c1ccc(Cl)c(Cl)c1. The highest BCUT2D eigenvalue weighted by atomic mass is 35.5. The summed E-state index contributed by atoms with van der Waals surface area (Å²) < 4.78 is 6.21. The van der Waals surface area contributed by atoms with Crippen LogP contribution in [0.25, 0.3) is 0 Å². The standard InChI is InChI=1S/C19H21Cl2NO2/c20-17-7-6-14(9-18(17)21)16-11-22-10-15(24-19(16)12-23)8-13-4-2-1-3-5-13/h1-7,9,15-16,19,22-23H,8,10-12H2. The Kier molecular flexibility index (Phi) is 6.14. The molecule has 0 saturated carbocycles. The summed E-state index contributed by atoms with van der Waals surface area (Å²) in [5.74, 6) is 0.0329. The molecule has 0 radical (unpaired) electrons. The maximum absolute atomic E-state index is 9.84. The number of aliphatic hydroxyl groups excluding tert-OH is 1. The van der Waals surface area contributed by atoms with E-state index in [0.717, 1.165) is 25.1 Å². The van der Waals surface area contributed by atoms with Crippen LogP contribution in [0, 0.1) is 0 Å². The van der Waals surface area contributed by atoms with Gasteiger partial charge in [0.1, 0.15) is 0 Å². The highest BCUT2D eigenvalue weighted by Crippen LogP contribution is 2.30. The lowest BCUT2D eigenvalue weighted by Gasteiger charge is -2.26. The summed E-state index contributed by atoms with van der Waals surface area (Å²) >= 11 is 12.2. The van der Waals surface area contributed by atoms with Crippen molar-refractivity contribution in [2.75, 3.05) is 19.7 Å². The van der Waals surface area contributed by atoms with Crippen LogP contribution in [-0.4, -0.2) is 37.0 Å². The molecular weight excluding hydrogens is 345 g/mol. The van der Waals surface area contributed by atoms with Gasteiger partial charge in [0.2, 0.25) is 0 Å². The summed E-state index contributed by atoms with van der Waals surface area (Å²) in [6.45, 7) is 1.45. The van der Waals surface area contributed by atoms with Crippen LogP contribution in [0.5, 0.6) is 0 Å². The van der Waals surface area contributed by atoms with E-state index < -0.39 is 0 Å². The lowest BCUT2D eigenvalue weighted by Crippen LogP contribution is -2.31. The van der Waals surface area contributed by atoms with Gasteiger partial charge in [-0.3, -0.25) is 0 Å². The molecule has 2 aromatic rings. The van der Waals surface area contributed by atoms with Crippen LogP contribution >= 0.6 is 23.2 Å². The zero-order valence-electron chi connectivity index (χ0n) is 13.3. The molecule has 3 nitrogen and oxygen atoms in total. The van der Waals surface area contributed by atoms with Crippen molar-refractivity contribution in [2.24, 2.45) is 0 Å². The normalized spacial score (nSPS) is 24.5. The van der Waals surface area contributed by atoms with Gasteiger partial charge in [0.05, 0.1) is 28.9 Å². The largest absolute Gasteiger partial charge is 0.394 e. The van der Waals surface area contributed by atoms with Gasteiger partial charge in [0.15, 0.2) is 0 Å². The van der Waals surface area contributed by atoms with E-state index in [1.165, 1.54) is 5.56 Å². The number of hydrogen-bond acceptors (Lipinski definition) is 3. The first kappa shape index (κ1) is 17.7. The van der Waals surface area contributed by atoms with E-state index in [1.54, 1.807) is 6.07 Å². The molecule has 1 heterocycles. The Labute approximate surface area is 152 Å². The minimum absolute atomic E-state index is 0.0253. The first-order valence-electron chi connectivity index (χ1n) is 8.13. The van der Waals surface area contributed by atoms with Crippen molar-refractivity contribution in [1.29, 1.82) is 0 Å². The predicted molar refractivity (Wildman–Crippen MR) is 98.0 cm³/mol. The van der Waals surface area contributed by atoms with E-state index in [-0.39, 0.29) is 24.7 Å². The zero-order chi connectivity index (χ0) is 16.9. The number of ether oxygens (including phenoxy) is 1. The highest BCUT2D eigenvalue weighted by Gasteiger charge is 2.30. The van der Waals surface area contributed by atoms with Gasteiger partial charge >= 0.3 is 0 Å². The molecule has 1 saturated heterocycles. The van der Waals surface area contributed by atoms with Gasteiger partial charge in [-0.05, 0) is 29.7 Å². The fourth-order valence-corrected chi connectivity index (χ4v) is 3.47. The molecule has 0 amide bonds. The molecule has 0 bridgehead atoms. The Hall–Kier alpha value is -1.10. The molecule has 0 aromatic heterocycles. The van der Waals surface area contributed by atoms with Crippen molar-refractivity contribution in [3.05, 3.63) is 69.7 Å². The Balaban J connectivity index is 1.75. The molecule has 2 aromatic carbocycles. The molecule has 2 N–H and O–H groups in total. The lowest BCUT2D eigenvalue weighted by molar-refractivity contribution is -0.0376. The number of hydrogen-bond donors (Lipinski definition) is 2. The number of rotatable bonds is 4. The molecular formula is C19H21Cl2NO2. The van der Waals surface area contributed by atoms with Crippen molar-refractivity contribution in [2.45, 2.75) is 24.5 Å². The van der Waals surface area contributed by atoms with E-state index in [1.807, 2.05) is 30.3 Å². The first-order valence-corrected chi connectivity index (χ1v) is 8.89. The number of benzene rings is 2. The third-order valence-electron chi connectivity index (χ3n) is 4.41. The predicted octanol–water partition coefficient (Wildman–Crippen LogP) is 3.67. The Morgan fingerprint density at radius 1 is 1.04 bits per heavy atom. The minimum Gasteiger partial charge on any atom is -0.394 e. The fourth-order valence-electron chi connectivity index (χ4n) is 3.16. The Bertz CT molecular complexity index is 666. The van der Waals surface area contributed by atoms with Crippen LogP contribution < -0.4 is 5.32 Å². The number of aliphatic hydroxyl groups is 1. The highest BCUT2D eigenvalue weighted by molar-refractivity contribution is 6.42. The van der Waals surface area contributed by atoms with Crippen LogP contribution in [0.2, 0.25) is 10.0 Å². The smallest absolute Gasteiger partial charge is 0.0890 e. The minimum atomic E-state index is -0.272. The maximum atomic E-state index is 9.84. The van der Waals surface area contributed by atoms with E-state index in [2.05, 4.69) is 17.4 Å². The van der Waals surface area contributed by atoms with Crippen molar-refractivity contribution in [1.82, 2.24) is 5.32 Å². The van der Waals surface area contributed by atoms with Gasteiger partial charge in [-0.2, -0.15) is 0 Å². The average Bonchev–Trinajstić information content (AvgIpc) is 2.80. The van der Waals surface area contributed by atoms with Crippen molar-refractivity contribution < 1.29 is 9.84 Å². The molecule has 0 spiro atoms. The quantitative estimate of drug-likeness (QED) is 0.868. The summed E-state index contributed by atoms with van der Waals surface area (Å²) in [5.41, 5.74) is 2.25. The molecule has 1 fully saturated rings. The molecule has 0 aliphatic carbocycles. The van der Waals surface area contributed by atoms with Gasteiger partial charge in [-0.15, -0.1) is 0 Å². The van der Waals surface area contributed by atoms with E-state index >= 15 is 0 Å². The number of halogens is 2. The van der Waals surface area contributed by atoms with Crippen molar-refractivity contribution >= 4 is 23.2 Å². The number of nitrogens with one attached hydrogen (secondary N) is 1. The van der Waals surface area contributed by atoms with Gasteiger partial charge < -0.3 is 15.2 Å². The Morgan fingerprint density at radius 2 is 1.83 bits per heavy atom.